The van der Waals surface area contributed by atoms with Crippen LogP contribution < -0.4 is 0 Å². The highest BCUT2D eigenvalue weighted by Gasteiger charge is 2.48. The zero-order valence-electron chi connectivity index (χ0n) is 16.2. The quantitative estimate of drug-likeness (QED) is 0.681. The Labute approximate surface area is 166 Å². The van der Waals surface area contributed by atoms with E-state index in [1.165, 1.54) is 25.6 Å². The first-order valence-corrected chi connectivity index (χ1v) is 8.98. The number of methoxy groups -OCH3 is 1. The van der Waals surface area contributed by atoms with Gasteiger partial charge in [-0.2, -0.15) is 10.4 Å². The number of hydrogen-bond donors (Lipinski definition) is 0. The molecule has 1 atom stereocenters. The molecule has 4 rings (SSSR count). The van der Waals surface area contributed by atoms with Crippen molar-refractivity contribution in [1.29, 1.82) is 5.26 Å². The Balaban J connectivity index is 1.98. The molecule has 0 bridgehead atoms. The molecular formula is C21H18FN5O2. The first-order chi connectivity index (χ1) is 13.8. The number of hydrogen-bond acceptors (Lipinski definition) is 6. The Kier molecular flexibility index (Phi) is 4.28. The van der Waals surface area contributed by atoms with Crippen LogP contribution >= 0.6 is 0 Å². The normalized spacial score (nSPS) is 21.1. The lowest BCUT2D eigenvalue weighted by molar-refractivity contribution is -0.128. The molecular weight excluding hydrogens is 373 g/mol. The highest BCUT2D eigenvalue weighted by atomic mass is 19.1. The third-order valence-corrected chi connectivity index (χ3v) is 5.27. The zero-order valence-corrected chi connectivity index (χ0v) is 16.2. The van der Waals surface area contributed by atoms with E-state index >= 15 is 0 Å². The van der Waals surface area contributed by atoms with Gasteiger partial charge in [-0.3, -0.25) is 9.78 Å². The van der Waals surface area contributed by atoms with Crippen molar-refractivity contribution in [3.8, 4) is 17.2 Å². The van der Waals surface area contributed by atoms with Gasteiger partial charge >= 0.3 is 0 Å². The number of nitriles is 1. The number of ketones is 1. The van der Waals surface area contributed by atoms with Crippen molar-refractivity contribution in [2.24, 2.45) is 5.41 Å². The van der Waals surface area contributed by atoms with Gasteiger partial charge in [-0.15, -0.1) is 0 Å². The number of carbonyl (C=O) groups is 1. The van der Waals surface area contributed by atoms with Gasteiger partial charge in [0.15, 0.2) is 11.4 Å². The topological polar surface area (TPSA) is 93.2 Å². The Morgan fingerprint density at radius 2 is 2.10 bits per heavy atom. The second-order valence-electron chi connectivity index (χ2n) is 7.68. The largest absolute Gasteiger partial charge is 0.368 e. The fraction of sp³-hybridized carbons (Fsp3) is 0.286. The average Bonchev–Trinajstić information content (AvgIpc) is 3.17. The molecule has 1 unspecified atom stereocenters. The third-order valence-electron chi connectivity index (χ3n) is 5.27. The van der Waals surface area contributed by atoms with E-state index in [0.717, 1.165) is 6.20 Å². The van der Waals surface area contributed by atoms with Gasteiger partial charge in [0.25, 0.3) is 0 Å². The summed E-state index contributed by atoms with van der Waals surface area (Å²) in [6.07, 6.45) is 6.02. The van der Waals surface area contributed by atoms with Crippen molar-refractivity contribution in [2.45, 2.75) is 25.9 Å². The predicted octanol–water partition coefficient (Wildman–Crippen LogP) is 3.22. The molecule has 0 fully saturated rings. The standard InChI is InChI=1S/C21H18FN5O2/c1-20(2)11-21(29-3,7-14(8-23)19(20)28)18-16(6-15(22)9-24-18)13-4-5-17-25-12-26-27(17)10-13/h4-7,9-10,12H,11H2,1-3H3. The van der Waals surface area contributed by atoms with Crippen LogP contribution in [0.15, 0.2) is 48.6 Å². The highest BCUT2D eigenvalue weighted by molar-refractivity contribution is 6.04. The molecule has 1 aliphatic carbocycles. The maximum Gasteiger partial charge on any atom is 0.178 e. The molecule has 0 aromatic carbocycles. The van der Waals surface area contributed by atoms with Gasteiger partial charge in [0.05, 0.1) is 17.5 Å². The van der Waals surface area contributed by atoms with Gasteiger partial charge in [0.1, 0.15) is 23.8 Å². The van der Waals surface area contributed by atoms with Crippen LogP contribution in [0.3, 0.4) is 0 Å². The average molecular weight is 391 g/mol. The molecule has 0 N–H and O–H groups in total. The molecule has 0 saturated carbocycles. The second kappa shape index (κ2) is 6.57. The van der Waals surface area contributed by atoms with Gasteiger partial charge in [0, 0.05) is 29.8 Å². The van der Waals surface area contributed by atoms with E-state index in [2.05, 4.69) is 15.1 Å². The number of ether oxygens (including phenoxy) is 1. The Bertz CT molecular complexity index is 1210. The molecule has 3 aromatic heterocycles. The number of fused-ring (bicyclic) bond motifs is 1. The molecule has 146 valence electrons. The van der Waals surface area contributed by atoms with Gasteiger partial charge < -0.3 is 4.74 Å². The van der Waals surface area contributed by atoms with Crippen LogP contribution in [0.1, 0.15) is 26.0 Å². The van der Waals surface area contributed by atoms with Crippen LogP contribution in [0, 0.1) is 22.6 Å². The molecule has 0 spiro atoms. The second-order valence-corrected chi connectivity index (χ2v) is 7.68. The zero-order chi connectivity index (χ0) is 20.8. The number of pyridine rings is 2. The number of carbonyl (C=O) groups excluding carboxylic acids is 1. The molecule has 7 nitrogen and oxygen atoms in total. The summed E-state index contributed by atoms with van der Waals surface area (Å²) in [5, 5.41) is 13.6. The summed E-state index contributed by atoms with van der Waals surface area (Å²) in [5.74, 6) is -0.760. The lowest BCUT2D eigenvalue weighted by atomic mass is 9.68. The van der Waals surface area contributed by atoms with Gasteiger partial charge in [-0.25, -0.2) is 13.9 Å². The fourth-order valence-electron chi connectivity index (χ4n) is 3.89. The summed E-state index contributed by atoms with van der Waals surface area (Å²) in [6.45, 7) is 3.52. The summed E-state index contributed by atoms with van der Waals surface area (Å²) < 4.78 is 21.6. The summed E-state index contributed by atoms with van der Waals surface area (Å²) >= 11 is 0. The van der Waals surface area contributed by atoms with Crippen LogP contribution in [-0.4, -0.2) is 32.5 Å². The minimum atomic E-state index is -1.16. The third kappa shape index (κ3) is 3.00. The van der Waals surface area contributed by atoms with Crippen molar-refractivity contribution in [3.63, 3.8) is 0 Å². The smallest absolute Gasteiger partial charge is 0.178 e. The van der Waals surface area contributed by atoms with Crippen molar-refractivity contribution in [3.05, 3.63) is 60.1 Å². The molecule has 29 heavy (non-hydrogen) atoms. The number of Topliss-reactive ketones (excluding diaryl/α,β-unsaturated/α-hetero) is 1. The van der Waals surface area contributed by atoms with E-state index < -0.39 is 16.8 Å². The van der Waals surface area contributed by atoms with Gasteiger partial charge in [0.2, 0.25) is 0 Å². The first-order valence-electron chi connectivity index (χ1n) is 8.98. The molecule has 0 saturated heterocycles. The maximum absolute atomic E-state index is 14.2. The number of nitrogens with zero attached hydrogens (tertiary/aromatic N) is 5. The number of aromatic nitrogens is 4. The fourth-order valence-corrected chi connectivity index (χ4v) is 3.89. The monoisotopic (exact) mass is 391 g/mol. The van der Waals surface area contributed by atoms with Crippen molar-refractivity contribution in [1.82, 2.24) is 19.6 Å². The van der Waals surface area contributed by atoms with E-state index in [0.29, 0.717) is 22.5 Å². The maximum atomic E-state index is 14.2. The Hall–Kier alpha value is -3.44. The summed E-state index contributed by atoms with van der Waals surface area (Å²) in [5.41, 5.74) is 0.214. The van der Waals surface area contributed by atoms with E-state index in [1.807, 2.05) is 6.07 Å². The molecule has 8 heteroatoms. The highest BCUT2D eigenvalue weighted by Crippen LogP contribution is 2.47. The van der Waals surface area contributed by atoms with Gasteiger partial charge in [-0.1, -0.05) is 13.8 Å². The predicted molar refractivity (Wildman–Crippen MR) is 102 cm³/mol. The lowest BCUT2D eigenvalue weighted by Gasteiger charge is -2.40. The molecule has 3 heterocycles. The van der Waals surface area contributed by atoms with Crippen LogP contribution in [0.5, 0.6) is 0 Å². The summed E-state index contributed by atoms with van der Waals surface area (Å²) in [7, 11) is 1.49. The summed E-state index contributed by atoms with van der Waals surface area (Å²) in [6, 6.07) is 6.89. The van der Waals surface area contributed by atoms with Gasteiger partial charge in [-0.05, 0) is 30.7 Å². The summed E-state index contributed by atoms with van der Waals surface area (Å²) in [4.78, 5) is 21.0. The molecule has 0 radical (unpaired) electrons. The Morgan fingerprint density at radius 1 is 1.31 bits per heavy atom. The van der Waals surface area contributed by atoms with Crippen molar-refractivity contribution < 1.29 is 13.9 Å². The molecule has 1 aliphatic rings. The molecule has 3 aromatic rings. The first kappa shape index (κ1) is 18.9. The van der Waals surface area contributed by atoms with E-state index in [1.54, 1.807) is 36.7 Å². The van der Waals surface area contributed by atoms with E-state index in [-0.39, 0.29) is 17.8 Å². The van der Waals surface area contributed by atoms with E-state index in [9.17, 15) is 14.4 Å². The molecule has 0 aliphatic heterocycles. The van der Waals surface area contributed by atoms with Crippen molar-refractivity contribution in [2.75, 3.05) is 7.11 Å². The van der Waals surface area contributed by atoms with Crippen LogP contribution in [0.25, 0.3) is 16.8 Å². The van der Waals surface area contributed by atoms with Crippen LogP contribution in [-0.2, 0) is 15.1 Å². The molecule has 0 amide bonds. The lowest BCUT2D eigenvalue weighted by Crippen LogP contribution is -2.43. The van der Waals surface area contributed by atoms with Crippen molar-refractivity contribution >= 4 is 11.4 Å². The van der Waals surface area contributed by atoms with Crippen LogP contribution in [0.4, 0.5) is 4.39 Å². The minimum Gasteiger partial charge on any atom is -0.368 e. The minimum absolute atomic E-state index is 0.00639. The number of halogens is 1. The SMILES string of the molecule is COC1(c2ncc(F)cc2-c2ccc3ncnn3c2)C=C(C#N)C(=O)C(C)(C)C1. The number of rotatable bonds is 3. The Morgan fingerprint density at radius 3 is 2.83 bits per heavy atom. The van der Waals surface area contributed by atoms with E-state index in [4.69, 9.17) is 4.74 Å². The number of allylic oxidation sites excluding steroid dienone is 1. The van der Waals surface area contributed by atoms with Crippen LogP contribution in [0.2, 0.25) is 0 Å².